The quantitative estimate of drug-likeness (QED) is 0.848. The molecule has 1 N–H and O–H groups in total. The Kier molecular flexibility index (Phi) is 3.34. The molecule has 1 aliphatic heterocycles. The van der Waals surface area contributed by atoms with Crippen LogP contribution in [0.4, 0.5) is 0 Å². The zero-order valence-corrected chi connectivity index (χ0v) is 11.5. The number of hydrogen-bond acceptors (Lipinski definition) is 5. The number of carbonyl (C=O) groups excluding carboxylic acids is 1. The minimum Gasteiger partial charge on any atom is -0.300 e. The predicted molar refractivity (Wildman–Crippen MR) is 78.4 cm³/mol. The van der Waals surface area contributed by atoms with Gasteiger partial charge in [-0.05, 0) is 30.0 Å². The largest absolute Gasteiger partial charge is 0.300 e. The van der Waals surface area contributed by atoms with Gasteiger partial charge in [-0.2, -0.15) is 5.10 Å². The van der Waals surface area contributed by atoms with E-state index in [1.54, 1.807) is 17.1 Å². The summed E-state index contributed by atoms with van der Waals surface area (Å²) >= 11 is 1.41. The number of hydrogen-bond donors (Lipinski definition) is 1. The molecule has 0 radical (unpaired) electrons. The van der Waals surface area contributed by atoms with E-state index in [9.17, 15) is 4.79 Å². The number of thioether (sulfide) groups is 1. The molecule has 1 amide bonds. The second kappa shape index (κ2) is 5.30. The summed E-state index contributed by atoms with van der Waals surface area (Å²) in [6.07, 6.45) is 6.74. The lowest BCUT2D eigenvalue weighted by Gasteiger charge is -2.00. The van der Waals surface area contributed by atoms with Crippen molar-refractivity contribution in [1.82, 2.24) is 20.1 Å². The molecule has 1 aliphatic rings. The van der Waals surface area contributed by atoms with E-state index in [-0.39, 0.29) is 5.91 Å². The van der Waals surface area contributed by atoms with E-state index >= 15 is 0 Å². The molecule has 0 fully saturated rings. The molecule has 0 spiro atoms. The lowest BCUT2D eigenvalue weighted by Crippen LogP contribution is -2.21. The SMILES string of the molecule is CSC1=NC(=Cc2ccc(-n3cncn3)cc2)C(=O)N1. The molecule has 20 heavy (non-hydrogen) atoms. The minimum atomic E-state index is -0.172. The Balaban J connectivity index is 1.85. The van der Waals surface area contributed by atoms with E-state index in [1.165, 1.54) is 18.1 Å². The molecule has 0 atom stereocenters. The van der Waals surface area contributed by atoms with Crippen molar-refractivity contribution < 1.29 is 4.79 Å². The normalized spacial score (nSPS) is 16.4. The van der Waals surface area contributed by atoms with E-state index in [0.29, 0.717) is 10.9 Å². The van der Waals surface area contributed by atoms with Crippen molar-refractivity contribution >= 4 is 28.9 Å². The molecule has 3 rings (SSSR count). The third kappa shape index (κ3) is 2.48. The summed E-state index contributed by atoms with van der Waals surface area (Å²) in [5.74, 6) is -0.172. The third-order valence-corrected chi connectivity index (χ3v) is 3.33. The summed E-state index contributed by atoms with van der Waals surface area (Å²) in [5.41, 5.74) is 2.24. The first-order valence-electron chi connectivity index (χ1n) is 5.87. The minimum absolute atomic E-state index is 0.172. The highest BCUT2D eigenvalue weighted by atomic mass is 32.2. The number of amides is 1. The maximum atomic E-state index is 11.7. The molecule has 0 unspecified atom stereocenters. The van der Waals surface area contributed by atoms with E-state index < -0.39 is 0 Å². The maximum Gasteiger partial charge on any atom is 0.275 e. The van der Waals surface area contributed by atoms with E-state index in [4.69, 9.17) is 0 Å². The molecule has 100 valence electrons. The van der Waals surface area contributed by atoms with Gasteiger partial charge in [0.15, 0.2) is 5.17 Å². The Labute approximate surface area is 119 Å². The number of rotatable bonds is 2. The second-order valence-electron chi connectivity index (χ2n) is 4.04. The molecule has 1 aromatic heterocycles. The summed E-state index contributed by atoms with van der Waals surface area (Å²) in [6, 6.07) is 7.63. The summed E-state index contributed by atoms with van der Waals surface area (Å²) in [4.78, 5) is 19.8. The fraction of sp³-hybridized carbons (Fsp3) is 0.0769. The zero-order chi connectivity index (χ0) is 13.9. The predicted octanol–water partition coefficient (Wildman–Crippen LogP) is 1.46. The van der Waals surface area contributed by atoms with Gasteiger partial charge >= 0.3 is 0 Å². The van der Waals surface area contributed by atoms with E-state index in [1.807, 2.05) is 30.5 Å². The van der Waals surface area contributed by atoms with Crippen LogP contribution in [0.2, 0.25) is 0 Å². The van der Waals surface area contributed by atoms with E-state index in [2.05, 4.69) is 20.4 Å². The first-order chi connectivity index (χ1) is 9.76. The van der Waals surface area contributed by atoms with Crippen molar-refractivity contribution in [3.63, 3.8) is 0 Å². The van der Waals surface area contributed by atoms with Gasteiger partial charge in [0.2, 0.25) is 0 Å². The van der Waals surface area contributed by atoms with Crippen LogP contribution in [-0.2, 0) is 4.79 Å². The smallest absolute Gasteiger partial charge is 0.275 e. The summed E-state index contributed by atoms with van der Waals surface area (Å²) in [5, 5.41) is 7.37. The fourth-order valence-corrected chi connectivity index (χ4v) is 2.15. The molecule has 0 saturated carbocycles. The highest BCUT2D eigenvalue weighted by molar-refractivity contribution is 8.13. The Morgan fingerprint density at radius 2 is 2.10 bits per heavy atom. The van der Waals surface area contributed by atoms with Gasteiger partial charge < -0.3 is 0 Å². The third-order valence-electron chi connectivity index (χ3n) is 2.75. The van der Waals surface area contributed by atoms with Gasteiger partial charge in [0.25, 0.3) is 5.91 Å². The lowest BCUT2D eigenvalue weighted by atomic mass is 10.2. The molecular formula is C13H11N5OS. The van der Waals surface area contributed by atoms with Crippen LogP contribution in [0.25, 0.3) is 11.8 Å². The molecule has 0 aliphatic carbocycles. The van der Waals surface area contributed by atoms with Crippen molar-refractivity contribution in [1.29, 1.82) is 0 Å². The van der Waals surface area contributed by atoms with Gasteiger partial charge in [0.05, 0.1) is 5.69 Å². The van der Waals surface area contributed by atoms with Crippen LogP contribution in [-0.4, -0.2) is 32.1 Å². The van der Waals surface area contributed by atoms with Crippen molar-refractivity contribution in [2.24, 2.45) is 4.99 Å². The molecule has 6 nitrogen and oxygen atoms in total. The number of aromatic nitrogens is 3. The van der Waals surface area contributed by atoms with Crippen molar-refractivity contribution in [3.8, 4) is 5.69 Å². The Bertz CT molecular complexity index is 688. The standard InChI is InChI=1S/C13H11N5OS/c1-20-13-16-11(12(19)17-13)6-9-2-4-10(5-3-9)18-8-14-7-15-18/h2-8H,1H3,(H,16,17,19). The van der Waals surface area contributed by atoms with Crippen LogP contribution in [0.5, 0.6) is 0 Å². The van der Waals surface area contributed by atoms with E-state index in [0.717, 1.165) is 11.3 Å². The number of amidine groups is 1. The summed E-state index contributed by atoms with van der Waals surface area (Å²) in [7, 11) is 0. The molecule has 1 aromatic carbocycles. The number of nitrogens with zero attached hydrogens (tertiary/aromatic N) is 4. The summed E-state index contributed by atoms with van der Waals surface area (Å²) in [6.45, 7) is 0. The van der Waals surface area contributed by atoms with Crippen molar-refractivity contribution in [2.45, 2.75) is 0 Å². The molecule has 7 heteroatoms. The monoisotopic (exact) mass is 285 g/mol. The fourth-order valence-electron chi connectivity index (χ4n) is 1.77. The Morgan fingerprint density at radius 1 is 1.30 bits per heavy atom. The van der Waals surface area contributed by atoms with Crippen LogP contribution in [0.1, 0.15) is 5.56 Å². The van der Waals surface area contributed by atoms with Crippen LogP contribution >= 0.6 is 11.8 Å². The Morgan fingerprint density at radius 3 is 2.70 bits per heavy atom. The molecule has 2 aromatic rings. The highest BCUT2D eigenvalue weighted by Gasteiger charge is 2.18. The number of carbonyl (C=O) groups is 1. The number of nitrogens with one attached hydrogen (secondary N) is 1. The van der Waals surface area contributed by atoms with Crippen molar-refractivity contribution in [3.05, 3.63) is 48.2 Å². The zero-order valence-electron chi connectivity index (χ0n) is 10.6. The number of benzene rings is 1. The van der Waals surface area contributed by atoms with Crippen LogP contribution in [0.15, 0.2) is 47.6 Å². The molecule has 2 heterocycles. The summed E-state index contributed by atoms with van der Waals surface area (Å²) < 4.78 is 1.67. The topological polar surface area (TPSA) is 72.2 Å². The van der Waals surface area contributed by atoms with Gasteiger partial charge in [-0.25, -0.2) is 14.7 Å². The molecular weight excluding hydrogens is 274 g/mol. The first-order valence-corrected chi connectivity index (χ1v) is 7.09. The van der Waals surface area contributed by atoms with Gasteiger partial charge in [-0.1, -0.05) is 23.9 Å². The average molecular weight is 285 g/mol. The second-order valence-corrected chi connectivity index (χ2v) is 4.83. The first kappa shape index (κ1) is 12.6. The van der Waals surface area contributed by atoms with Crippen LogP contribution in [0.3, 0.4) is 0 Å². The molecule has 0 bridgehead atoms. The van der Waals surface area contributed by atoms with Gasteiger partial charge in [0, 0.05) is 0 Å². The number of aliphatic imine (C=N–C) groups is 1. The van der Waals surface area contributed by atoms with Gasteiger partial charge in [0.1, 0.15) is 18.4 Å². The molecule has 0 saturated heterocycles. The van der Waals surface area contributed by atoms with Crippen LogP contribution < -0.4 is 5.32 Å². The van der Waals surface area contributed by atoms with Crippen LogP contribution in [0, 0.1) is 0 Å². The van der Waals surface area contributed by atoms with Crippen molar-refractivity contribution in [2.75, 3.05) is 6.26 Å². The van der Waals surface area contributed by atoms with Gasteiger partial charge in [-0.3, -0.25) is 10.1 Å². The Hall–Kier alpha value is -2.41. The average Bonchev–Trinajstić information content (AvgIpc) is 3.10. The maximum absolute atomic E-state index is 11.7. The highest BCUT2D eigenvalue weighted by Crippen LogP contribution is 2.16. The lowest BCUT2D eigenvalue weighted by molar-refractivity contribution is -0.115. The van der Waals surface area contributed by atoms with Gasteiger partial charge in [-0.15, -0.1) is 0 Å².